The zero-order valence-electron chi connectivity index (χ0n) is 18.3. The highest BCUT2D eigenvalue weighted by atomic mass is 16.5. The first kappa shape index (κ1) is 21.5. The summed E-state index contributed by atoms with van der Waals surface area (Å²) >= 11 is 0. The van der Waals surface area contributed by atoms with E-state index in [9.17, 15) is 19.2 Å². The van der Waals surface area contributed by atoms with Crippen molar-refractivity contribution in [3.05, 3.63) is 71.4 Å². The molecular weight excluding hydrogens is 408 g/mol. The van der Waals surface area contributed by atoms with Crippen LogP contribution in [-0.4, -0.2) is 37.2 Å². The average Bonchev–Trinajstić information content (AvgIpc) is 3.21. The number of likely N-dealkylation sites (N-methyl/N-ethyl adjacent to an activating group) is 1. The Bertz CT molecular complexity index is 1130. The van der Waals surface area contributed by atoms with Crippen molar-refractivity contribution in [2.24, 2.45) is 0 Å². The van der Waals surface area contributed by atoms with E-state index in [2.05, 4.69) is 13.8 Å². The number of carbonyl (C=O) groups excluding carboxylic acids is 4. The number of carbonyl (C=O) groups is 4. The van der Waals surface area contributed by atoms with Crippen LogP contribution < -0.4 is 9.80 Å². The van der Waals surface area contributed by atoms with Gasteiger partial charge in [-0.05, 0) is 35.9 Å². The molecule has 0 aromatic heterocycles. The number of ether oxygens (including phenoxy) is 1. The molecular formula is C25H24N2O5. The van der Waals surface area contributed by atoms with Crippen molar-refractivity contribution >= 4 is 34.9 Å². The monoisotopic (exact) mass is 432 g/mol. The molecule has 4 rings (SSSR count). The molecule has 0 saturated carbocycles. The normalized spacial score (nSPS) is 18.3. The fourth-order valence-electron chi connectivity index (χ4n) is 4.28. The van der Waals surface area contributed by atoms with Crippen LogP contribution in [0.4, 0.5) is 11.4 Å². The third-order valence-electron chi connectivity index (χ3n) is 6.00. The maximum Gasteiger partial charge on any atom is 0.338 e. The molecule has 0 spiro atoms. The number of hydrogen-bond donors (Lipinski definition) is 0. The van der Waals surface area contributed by atoms with E-state index in [1.54, 1.807) is 0 Å². The van der Waals surface area contributed by atoms with E-state index in [1.165, 1.54) is 30.3 Å². The fraction of sp³-hybridized carbons (Fsp3) is 0.280. The standard InChI is InChI=1S/C25H24N2O5/c1-25(2)19-6-4-5-7-20(19)26(3)21(25)14-18(28)15-32-24(31)16-8-10-17(11-9-16)27-22(29)12-13-23(27)30/h4-11,14H,12-13,15H2,1-3H3/b21-14-. The summed E-state index contributed by atoms with van der Waals surface area (Å²) in [6.07, 6.45) is 1.91. The Labute approximate surface area is 186 Å². The molecule has 2 aliphatic rings. The van der Waals surface area contributed by atoms with Gasteiger partial charge in [-0.1, -0.05) is 32.0 Å². The van der Waals surface area contributed by atoms with Gasteiger partial charge in [-0.15, -0.1) is 0 Å². The SMILES string of the molecule is CN1/C(=C\C(=O)COC(=O)c2ccc(N3C(=O)CCC3=O)cc2)C(C)(C)c2ccccc21. The summed E-state index contributed by atoms with van der Waals surface area (Å²) < 4.78 is 5.19. The van der Waals surface area contributed by atoms with Crippen LogP contribution in [0.25, 0.3) is 0 Å². The van der Waals surface area contributed by atoms with Gasteiger partial charge in [0.15, 0.2) is 12.4 Å². The van der Waals surface area contributed by atoms with E-state index >= 15 is 0 Å². The molecule has 2 aromatic rings. The molecule has 7 nitrogen and oxygen atoms in total. The van der Waals surface area contributed by atoms with Crippen LogP contribution >= 0.6 is 0 Å². The van der Waals surface area contributed by atoms with Crippen molar-refractivity contribution in [2.75, 3.05) is 23.5 Å². The highest BCUT2D eigenvalue weighted by Crippen LogP contribution is 2.46. The van der Waals surface area contributed by atoms with Gasteiger partial charge >= 0.3 is 5.97 Å². The second kappa shape index (κ2) is 8.07. The first-order valence-electron chi connectivity index (χ1n) is 10.4. The maximum atomic E-state index is 12.6. The van der Waals surface area contributed by atoms with Crippen LogP contribution in [0.15, 0.2) is 60.3 Å². The minimum atomic E-state index is -0.648. The first-order chi connectivity index (χ1) is 15.2. The number of fused-ring (bicyclic) bond motifs is 1. The highest BCUT2D eigenvalue weighted by molar-refractivity contribution is 6.19. The van der Waals surface area contributed by atoms with E-state index in [0.29, 0.717) is 5.69 Å². The number of ketones is 1. The van der Waals surface area contributed by atoms with Crippen molar-refractivity contribution in [3.8, 4) is 0 Å². The van der Waals surface area contributed by atoms with Crippen LogP contribution in [0.1, 0.15) is 42.6 Å². The lowest BCUT2D eigenvalue weighted by Crippen LogP contribution is -2.28. The summed E-state index contributed by atoms with van der Waals surface area (Å²) in [4.78, 5) is 51.7. The molecule has 164 valence electrons. The number of esters is 1. The van der Waals surface area contributed by atoms with Crippen molar-refractivity contribution < 1.29 is 23.9 Å². The molecule has 0 atom stereocenters. The predicted octanol–water partition coefficient (Wildman–Crippen LogP) is 3.38. The molecule has 0 unspecified atom stereocenters. The second-order valence-corrected chi connectivity index (χ2v) is 8.44. The number of anilines is 2. The predicted molar refractivity (Wildman–Crippen MR) is 119 cm³/mol. The lowest BCUT2D eigenvalue weighted by Gasteiger charge is -2.23. The Kier molecular flexibility index (Phi) is 5.42. The van der Waals surface area contributed by atoms with Crippen molar-refractivity contribution in [2.45, 2.75) is 32.1 Å². The Balaban J connectivity index is 1.41. The van der Waals surface area contributed by atoms with Crippen molar-refractivity contribution in [1.29, 1.82) is 0 Å². The molecule has 2 amide bonds. The summed E-state index contributed by atoms with van der Waals surface area (Å²) in [5.41, 5.74) is 3.33. The number of rotatable bonds is 5. The van der Waals surface area contributed by atoms with Gasteiger partial charge in [-0.3, -0.25) is 19.3 Å². The Morgan fingerprint density at radius 3 is 2.25 bits per heavy atom. The molecule has 7 heteroatoms. The quantitative estimate of drug-likeness (QED) is 0.409. The molecule has 0 aliphatic carbocycles. The Morgan fingerprint density at radius 1 is 1.00 bits per heavy atom. The maximum absolute atomic E-state index is 12.6. The molecule has 1 fully saturated rings. The zero-order valence-corrected chi connectivity index (χ0v) is 18.3. The van der Waals surface area contributed by atoms with Gasteiger partial charge in [0.05, 0.1) is 11.3 Å². The number of nitrogens with zero attached hydrogens (tertiary/aromatic N) is 2. The Morgan fingerprint density at radius 2 is 1.62 bits per heavy atom. The number of imide groups is 1. The van der Waals surface area contributed by atoms with E-state index in [4.69, 9.17) is 4.74 Å². The fourth-order valence-corrected chi connectivity index (χ4v) is 4.28. The molecule has 0 N–H and O–H groups in total. The number of benzene rings is 2. The van der Waals surface area contributed by atoms with Gasteiger partial charge in [0.2, 0.25) is 11.8 Å². The highest BCUT2D eigenvalue weighted by Gasteiger charge is 2.38. The third kappa shape index (κ3) is 3.70. The van der Waals surface area contributed by atoms with Gasteiger partial charge in [0, 0.05) is 42.8 Å². The lowest BCUT2D eigenvalue weighted by atomic mass is 9.83. The van der Waals surface area contributed by atoms with Crippen LogP contribution in [0.2, 0.25) is 0 Å². The average molecular weight is 432 g/mol. The van der Waals surface area contributed by atoms with E-state index in [-0.39, 0.29) is 48.0 Å². The minimum Gasteiger partial charge on any atom is -0.454 e. The first-order valence-corrected chi connectivity index (χ1v) is 10.4. The zero-order chi connectivity index (χ0) is 23.0. The summed E-state index contributed by atoms with van der Waals surface area (Å²) in [6, 6.07) is 14.0. The Hall–Kier alpha value is -3.74. The van der Waals surface area contributed by atoms with Crippen LogP contribution in [0.3, 0.4) is 0 Å². The van der Waals surface area contributed by atoms with E-state index in [1.807, 2.05) is 36.2 Å². The van der Waals surface area contributed by atoms with Gasteiger partial charge in [-0.25, -0.2) is 4.79 Å². The summed E-state index contributed by atoms with van der Waals surface area (Å²) in [5.74, 6) is -1.48. The summed E-state index contributed by atoms with van der Waals surface area (Å²) in [5, 5.41) is 0. The number of amides is 2. The van der Waals surface area contributed by atoms with Gasteiger partial charge in [-0.2, -0.15) is 0 Å². The van der Waals surface area contributed by atoms with Gasteiger partial charge < -0.3 is 9.64 Å². The van der Waals surface area contributed by atoms with Gasteiger partial charge in [0.25, 0.3) is 0 Å². The second-order valence-electron chi connectivity index (χ2n) is 8.44. The smallest absolute Gasteiger partial charge is 0.338 e. The third-order valence-corrected chi connectivity index (χ3v) is 6.00. The molecule has 0 radical (unpaired) electrons. The van der Waals surface area contributed by atoms with Gasteiger partial charge in [0.1, 0.15) is 0 Å². The number of para-hydroxylation sites is 1. The van der Waals surface area contributed by atoms with Crippen LogP contribution in [0, 0.1) is 0 Å². The summed E-state index contributed by atoms with van der Waals surface area (Å²) in [6.45, 7) is 3.73. The molecule has 32 heavy (non-hydrogen) atoms. The van der Waals surface area contributed by atoms with Crippen molar-refractivity contribution in [1.82, 2.24) is 0 Å². The number of hydrogen-bond acceptors (Lipinski definition) is 6. The molecule has 2 aromatic carbocycles. The van der Waals surface area contributed by atoms with Crippen LogP contribution in [-0.2, 0) is 24.5 Å². The number of allylic oxidation sites excluding steroid dienone is 1. The molecule has 0 bridgehead atoms. The largest absolute Gasteiger partial charge is 0.454 e. The lowest BCUT2D eigenvalue weighted by molar-refractivity contribution is -0.121. The van der Waals surface area contributed by atoms with E-state index in [0.717, 1.165) is 21.8 Å². The topological polar surface area (TPSA) is 84.0 Å². The summed E-state index contributed by atoms with van der Waals surface area (Å²) in [7, 11) is 1.91. The van der Waals surface area contributed by atoms with E-state index < -0.39 is 5.97 Å². The van der Waals surface area contributed by atoms with Crippen molar-refractivity contribution in [3.63, 3.8) is 0 Å². The minimum absolute atomic E-state index is 0.192. The molecule has 2 heterocycles. The molecule has 1 saturated heterocycles. The van der Waals surface area contributed by atoms with Crippen LogP contribution in [0.5, 0.6) is 0 Å². The molecule has 2 aliphatic heterocycles.